The lowest BCUT2D eigenvalue weighted by atomic mass is 10.2. The van der Waals surface area contributed by atoms with Crippen molar-refractivity contribution in [1.29, 1.82) is 0 Å². The Labute approximate surface area is 123 Å². The third-order valence-electron chi connectivity index (χ3n) is 2.39. The molecule has 0 heterocycles. The summed E-state index contributed by atoms with van der Waals surface area (Å²) < 4.78 is 5.07. The summed E-state index contributed by atoms with van der Waals surface area (Å²) in [5.74, 6) is -0.564. The van der Waals surface area contributed by atoms with E-state index in [1.54, 1.807) is 12.1 Å². The fraction of sp³-hybridized carbons (Fsp3) is 0. The van der Waals surface area contributed by atoms with Crippen LogP contribution >= 0.6 is 23.2 Å². The lowest BCUT2D eigenvalue weighted by Gasteiger charge is -2.06. The van der Waals surface area contributed by atoms with Crippen molar-refractivity contribution in [2.75, 3.05) is 0 Å². The Kier molecular flexibility index (Phi) is 4.22. The van der Waals surface area contributed by atoms with Crippen LogP contribution in [-0.4, -0.2) is 10.9 Å². The number of nitrogens with zero attached hydrogens (tertiary/aromatic N) is 1. The number of non-ortho nitro benzene ring substituents is 1. The molecule has 0 bridgehead atoms. The first-order valence-corrected chi connectivity index (χ1v) is 6.14. The van der Waals surface area contributed by atoms with E-state index in [2.05, 4.69) is 0 Å². The lowest BCUT2D eigenvalue weighted by molar-refractivity contribution is -0.384. The van der Waals surface area contributed by atoms with Gasteiger partial charge in [0, 0.05) is 17.2 Å². The van der Waals surface area contributed by atoms with Gasteiger partial charge in [-0.05, 0) is 24.3 Å². The van der Waals surface area contributed by atoms with Crippen LogP contribution in [0.2, 0.25) is 10.0 Å². The van der Waals surface area contributed by atoms with Crippen molar-refractivity contribution in [2.24, 2.45) is 0 Å². The summed E-state index contributed by atoms with van der Waals surface area (Å²) in [5, 5.41) is 11.2. The van der Waals surface area contributed by atoms with E-state index in [1.807, 2.05) is 0 Å². The maximum atomic E-state index is 11.9. The number of rotatable bonds is 3. The molecule has 102 valence electrons. The molecule has 2 rings (SSSR count). The summed E-state index contributed by atoms with van der Waals surface area (Å²) in [7, 11) is 0. The highest BCUT2D eigenvalue weighted by atomic mass is 35.5. The fourth-order valence-electron chi connectivity index (χ4n) is 1.48. The van der Waals surface area contributed by atoms with Gasteiger partial charge in [0.1, 0.15) is 5.75 Å². The second kappa shape index (κ2) is 5.90. The smallest absolute Gasteiger partial charge is 0.345 e. The molecule has 0 aromatic heterocycles. The Morgan fingerprint density at radius 3 is 2.55 bits per heavy atom. The van der Waals surface area contributed by atoms with E-state index >= 15 is 0 Å². The van der Waals surface area contributed by atoms with Crippen LogP contribution in [0.4, 0.5) is 5.69 Å². The number of carbonyl (C=O) groups excluding carboxylic acids is 1. The molecule has 0 atom stereocenters. The van der Waals surface area contributed by atoms with E-state index in [1.165, 1.54) is 24.3 Å². The third kappa shape index (κ3) is 3.26. The van der Waals surface area contributed by atoms with Crippen molar-refractivity contribution in [3.05, 3.63) is 68.2 Å². The Morgan fingerprint density at radius 2 is 1.90 bits per heavy atom. The average Bonchev–Trinajstić information content (AvgIpc) is 2.38. The number of esters is 1. The molecule has 0 aliphatic carbocycles. The van der Waals surface area contributed by atoms with Gasteiger partial charge in [0.25, 0.3) is 5.69 Å². The maximum Gasteiger partial charge on any atom is 0.345 e. The molecule has 20 heavy (non-hydrogen) atoms. The second-order valence-electron chi connectivity index (χ2n) is 3.77. The summed E-state index contributed by atoms with van der Waals surface area (Å²) in [6, 6.07) is 9.76. The predicted molar refractivity (Wildman–Crippen MR) is 74.5 cm³/mol. The van der Waals surface area contributed by atoms with E-state index in [0.29, 0.717) is 5.02 Å². The molecule has 7 heteroatoms. The molecule has 2 aromatic rings. The molecule has 0 radical (unpaired) electrons. The normalized spacial score (nSPS) is 10.1. The van der Waals surface area contributed by atoms with Crippen molar-refractivity contribution in [3.63, 3.8) is 0 Å². The van der Waals surface area contributed by atoms with Crippen molar-refractivity contribution in [2.45, 2.75) is 0 Å². The highest BCUT2D eigenvalue weighted by Crippen LogP contribution is 2.24. The zero-order valence-electron chi connectivity index (χ0n) is 9.88. The Bertz CT molecular complexity index is 688. The maximum absolute atomic E-state index is 11.9. The average molecular weight is 312 g/mol. The number of halogens is 2. The third-order valence-corrected chi connectivity index (χ3v) is 2.95. The van der Waals surface area contributed by atoms with Crippen LogP contribution in [0, 0.1) is 10.1 Å². The van der Waals surface area contributed by atoms with Gasteiger partial charge in [-0.15, -0.1) is 0 Å². The number of benzene rings is 2. The summed E-state index contributed by atoms with van der Waals surface area (Å²) in [6.07, 6.45) is 0. The largest absolute Gasteiger partial charge is 0.423 e. The number of ether oxygens (including phenoxy) is 1. The Balaban J connectivity index is 2.29. The van der Waals surface area contributed by atoms with Gasteiger partial charge in [-0.25, -0.2) is 4.79 Å². The van der Waals surface area contributed by atoms with Crippen LogP contribution < -0.4 is 4.74 Å². The molecule has 2 aromatic carbocycles. The van der Waals surface area contributed by atoms with E-state index < -0.39 is 10.9 Å². The van der Waals surface area contributed by atoms with E-state index in [0.717, 1.165) is 6.07 Å². The molecule has 5 nitrogen and oxygen atoms in total. The fourth-order valence-corrected chi connectivity index (χ4v) is 1.85. The molecule has 0 saturated carbocycles. The Hall–Kier alpha value is -2.11. The summed E-state index contributed by atoms with van der Waals surface area (Å²) in [5.41, 5.74) is -0.326. The first-order chi connectivity index (χ1) is 9.47. The minimum absolute atomic E-state index is 0.0719. The molecule has 0 saturated heterocycles. The van der Waals surface area contributed by atoms with Crippen LogP contribution in [0.1, 0.15) is 10.4 Å². The molecule has 0 N–H and O–H groups in total. The van der Waals surface area contributed by atoms with Crippen molar-refractivity contribution in [1.82, 2.24) is 0 Å². The highest BCUT2D eigenvalue weighted by molar-refractivity contribution is 6.33. The minimum atomic E-state index is -0.791. The van der Waals surface area contributed by atoms with Gasteiger partial charge in [-0.1, -0.05) is 29.3 Å². The van der Waals surface area contributed by atoms with Gasteiger partial charge in [0.2, 0.25) is 0 Å². The van der Waals surface area contributed by atoms with Crippen molar-refractivity contribution in [3.8, 4) is 5.75 Å². The number of nitro benzene ring substituents is 1. The number of hydrogen-bond acceptors (Lipinski definition) is 4. The lowest BCUT2D eigenvalue weighted by Crippen LogP contribution is -2.09. The van der Waals surface area contributed by atoms with Crippen LogP contribution in [0.25, 0.3) is 0 Å². The highest BCUT2D eigenvalue weighted by Gasteiger charge is 2.17. The van der Waals surface area contributed by atoms with Crippen molar-refractivity contribution < 1.29 is 14.5 Å². The van der Waals surface area contributed by atoms with Gasteiger partial charge < -0.3 is 4.74 Å². The van der Waals surface area contributed by atoms with Crippen LogP contribution in [0.3, 0.4) is 0 Å². The quantitative estimate of drug-likeness (QED) is 0.370. The van der Waals surface area contributed by atoms with E-state index in [-0.39, 0.29) is 22.0 Å². The van der Waals surface area contributed by atoms with Crippen LogP contribution in [0.15, 0.2) is 42.5 Å². The molecule has 0 fully saturated rings. The second-order valence-corrected chi connectivity index (χ2v) is 4.61. The number of nitro groups is 1. The SMILES string of the molecule is O=C(Oc1cccc(Cl)c1)c1cc([N+](=O)[O-])ccc1Cl. The molecule has 0 spiro atoms. The zero-order chi connectivity index (χ0) is 14.7. The van der Waals surface area contributed by atoms with Gasteiger partial charge in [0.05, 0.1) is 15.5 Å². The standard InChI is InChI=1S/C13H7Cl2NO4/c14-8-2-1-3-10(6-8)20-13(17)11-7-9(16(18)19)4-5-12(11)15/h1-7H. The zero-order valence-corrected chi connectivity index (χ0v) is 11.4. The van der Waals surface area contributed by atoms with E-state index in [4.69, 9.17) is 27.9 Å². The number of hydrogen-bond donors (Lipinski definition) is 0. The first-order valence-electron chi connectivity index (χ1n) is 5.39. The van der Waals surface area contributed by atoms with Crippen LogP contribution in [0.5, 0.6) is 5.75 Å². The molecule has 0 unspecified atom stereocenters. The number of carbonyl (C=O) groups is 1. The van der Waals surface area contributed by atoms with Crippen LogP contribution in [-0.2, 0) is 0 Å². The summed E-state index contributed by atoms with van der Waals surface area (Å²) in [4.78, 5) is 22.0. The molecule has 0 aliphatic heterocycles. The van der Waals surface area contributed by atoms with Gasteiger partial charge >= 0.3 is 5.97 Å². The van der Waals surface area contributed by atoms with Gasteiger partial charge in [0.15, 0.2) is 0 Å². The summed E-state index contributed by atoms with van der Waals surface area (Å²) in [6.45, 7) is 0. The predicted octanol–water partition coefficient (Wildman–Crippen LogP) is 4.12. The molecular formula is C13H7Cl2NO4. The molecular weight excluding hydrogens is 305 g/mol. The van der Waals surface area contributed by atoms with Gasteiger partial charge in [-0.2, -0.15) is 0 Å². The molecule has 0 aliphatic rings. The Morgan fingerprint density at radius 1 is 1.15 bits per heavy atom. The minimum Gasteiger partial charge on any atom is -0.423 e. The monoisotopic (exact) mass is 311 g/mol. The van der Waals surface area contributed by atoms with E-state index in [9.17, 15) is 14.9 Å². The topological polar surface area (TPSA) is 69.4 Å². The first kappa shape index (κ1) is 14.3. The van der Waals surface area contributed by atoms with Gasteiger partial charge in [-0.3, -0.25) is 10.1 Å². The summed E-state index contributed by atoms with van der Waals surface area (Å²) >= 11 is 11.6. The van der Waals surface area contributed by atoms with Crippen molar-refractivity contribution >= 4 is 34.9 Å². The molecule has 0 amide bonds.